The van der Waals surface area contributed by atoms with E-state index in [0.29, 0.717) is 18.5 Å². The van der Waals surface area contributed by atoms with Gasteiger partial charge in [-0.15, -0.1) is 0 Å². The molecule has 0 aromatic heterocycles. The van der Waals surface area contributed by atoms with E-state index >= 15 is 0 Å². The van der Waals surface area contributed by atoms with E-state index in [4.69, 9.17) is 11.6 Å². The Morgan fingerprint density at radius 2 is 2.00 bits per heavy atom. The Hall–Kier alpha value is -1.03. The van der Waals surface area contributed by atoms with Crippen LogP contribution in [-0.2, 0) is 9.59 Å². The van der Waals surface area contributed by atoms with Crippen LogP contribution >= 0.6 is 11.6 Å². The normalized spacial score (nSPS) is 11.6. The van der Waals surface area contributed by atoms with Crippen molar-refractivity contribution in [3.8, 4) is 0 Å². The number of rotatable bonds is 5. The summed E-state index contributed by atoms with van der Waals surface area (Å²) in [5.74, 6) is -0.382. The molecule has 80 valence electrons. The maximum Gasteiger partial charge on any atom is 0.246 e. The van der Waals surface area contributed by atoms with Gasteiger partial charge in [0, 0.05) is 19.0 Å². The molecule has 0 spiro atoms. The third-order valence-corrected chi connectivity index (χ3v) is 1.76. The quantitative estimate of drug-likeness (QED) is 0.407. The summed E-state index contributed by atoms with van der Waals surface area (Å²) in [6.45, 7) is 6.92. The molecule has 1 unspecified atom stereocenters. The van der Waals surface area contributed by atoms with Crippen LogP contribution in [0.15, 0.2) is 12.2 Å². The summed E-state index contributed by atoms with van der Waals surface area (Å²) in [4.78, 5) is 21.6. The lowest BCUT2D eigenvalue weighted by Crippen LogP contribution is -2.33. The molecule has 4 nitrogen and oxygen atoms in total. The van der Waals surface area contributed by atoms with Gasteiger partial charge in [-0.2, -0.15) is 0 Å². The first kappa shape index (κ1) is 13.0. The van der Waals surface area contributed by atoms with E-state index in [-0.39, 0.29) is 11.8 Å². The number of hydrogen-bond acceptors (Lipinski definition) is 2. The molecule has 0 saturated heterocycles. The van der Waals surface area contributed by atoms with E-state index in [1.54, 1.807) is 6.92 Å². The lowest BCUT2D eigenvalue weighted by molar-refractivity contribution is -0.119. The van der Waals surface area contributed by atoms with Crippen LogP contribution in [0.4, 0.5) is 0 Å². The Kier molecular flexibility index (Phi) is 5.95. The van der Waals surface area contributed by atoms with E-state index in [1.165, 1.54) is 6.92 Å². The summed E-state index contributed by atoms with van der Waals surface area (Å²) in [5, 5.41) is 5.11. The first-order chi connectivity index (χ1) is 6.43. The molecule has 2 amide bonds. The average molecular weight is 219 g/mol. The summed E-state index contributed by atoms with van der Waals surface area (Å²) in [5.41, 5.74) is 0.00794. The maximum atomic E-state index is 11.0. The van der Waals surface area contributed by atoms with Gasteiger partial charge in [0.2, 0.25) is 11.8 Å². The van der Waals surface area contributed by atoms with Crippen molar-refractivity contribution in [2.75, 3.05) is 6.54 Å². The molecule has 5 heteroatoms. The van der Waals surface area contributed by atoms with Crippen LogP contribution in [0.2, 0.25) is 0 Å². The molecule has 2 N–H and O–H groups in total. The third kappa shape index (κ3) is 6.48. The lowest BCUT2D eigenvalue weighted by Gasteiger charge is -2.10. The second kappa shape index (κ2) is 6.43. The molecule has 14 heavy (non-hydrogen) atoms. The van der Waals surface area contributed by atoms with Gasteiger partial charge in [0.1, 0.15) is 5.50 Å². The number of nitrogens with one attached hydrogen (secondary N) is 2. The van der Waals surface area contributed by atoms with Crippen LogP contribution in [0.1, 0.15) is 20.3 Å². The van der Waals surface area contributed by atoms with Gasteiger partial charge < -0.3 is 10.6 Å². The molecule has 0 aliphatic heterocycles. The fraction of sp³-hybridized carbons (Fsp3) is 0.556. The monoisotopic (exact) mass is 218 g/mol. The molecule has 0 saturated carbocycles. The van der Waals surface area contributed by atoms with Crippen molar-refractivity contribution >= 4 is 23.4 Å². The van der Waals surface area contributed by atoms with Crippen molar-refractivity contribution in [3.63, 3.8) is 0 Å². The van der Waals surface area contributed by atoms with Crippen LogP contribution in [0.3, 0.4) is 0 Å². The van der Waals surface area contributed by atoms with Crippen molar-refractivity contribution in [1.82, 2.24) is 10.6 Å². The highest BCUT2D eigenvalue weighted by Gasteiger charge is 2.06. The lowest BCUT2D eigenvalue weighted by atomic mass is 10.3. The first-order valence-electron chi connectivity index (χ1n) is 4.28. The first-order valence-corrected chi connectivity index (χ1v) is 4.72. The topological polar surface area (TPSA) is 58.2 Å². The van der Waals surface area contributed by atoms with Gasteiger partial charge in [0.05, 0.1) is 0 Å². The van der Waals surface area contributed by atoms with Gasteiger partial charge in [-0.3, -0.25) is 9.59 Å². The summed E-state index contributed by atoms with van der Waals surface area (Å²) in [6.07, 6.45) is 0.486. The number of halogens is 1. The minimum atomic E-state index is -0.446. The van der Waals surface area contributed by atoms with E-state index in [9.17, 15) is 9.59 Å². The third-order valence-electron chi connectivity index (χ3n) is 1.43. The fourth-order valence-corrected chi connectivity index (χ4v) is 1.02. The van der Waals surface area contributed by atoms with Crippen LogP contribution in [-0.4, -0.2) is 23.9 Å². The molecule has 1 atom stereocenters. The zero-order valence-corrected chi connectivity index (χ0v) is 9.15. The maximum absolute atomic E-state index is 11.0. The minimum Gasteiger partial charge on any atom is -0.352 e. The number of hydrogen-bond donors (Lipinski definition) is 2. The Bertz CT molecular complexity index is 241. The number of carbonyl (C=O) groups is 2. The molecular formula is C9H15ClN2O2. The van der Waals surface area contributed by atoms with Gasteiger partial charge >= 0.3 is 0 Å². The second-order valence-corrected chi connectivity index (χ2v) is 3.52. The van der Waals surface area contributed by atoms with Crippen molar-refractivity contribution in [2.45, 2.75) is 25.8 Å². The number of carbonyl (C=O) groups excluding carboxylic acids is 2. The van der Waals surface area contributed by atoms with Gasteiger partial charge in [-0.05, 0) is 13.3 Å². The van der Waals surface area contributed by atoms with Crippen molar-refractivity contribution in [3.05, 3.63) is 12.2 Å². The SMILES string of the molecule is C=C(C)C(=O)NCCC(Cl)NC(C)=O. The fourth-order valence-electron chi connectivity index (χ4n) is 0.756. The van der Waals surface area contributed by atoms with Crippen molar-refractivity contribution < 1.29 is 9.59 Å². The summed E-state index contributed by atoms with van der Waals surface area (Å²) >= 11 is 5.73. The van der Waals surface area contributed by atoms with E-state index in [2.05, 4.69) is 17.2 Å². The molecular weight excluding hydrogens is 204 g/mol. The number of alkyl halides is 1. The highest BCUT2D eigenvalue weighted by Crippen LogP contribution is 1.96. The Morgan fingerprint density at radius 1 is 1.43 bits per heavy atom. The van der Waals surface area contributed by atoms with E-state index in [0.717, 1.165) is 0 Å². The average Bonchev–Trinajstić information content (AvgIpc) is 2.02. The van der Waals surface area contributed by atoms with Gasteiger partial charge in [0.15, 0.2) is 0 Å². The molecule has 0 aromatic rings. The molecule has 0 aliphatic carbocycles. The summed E-state index contributed by atoms with van der Waals surface area (Å²) in [6, 6.07) is 0. The van der Waals surface area contributed by atoms with Crippen LogP contribution < -0.4 is 10.6 Å². The summed E-state index contributed by atoms with van der Waals surface area (Å²) in [7, 11) is 0. The molecule has 0 radical (unpaired) electrons. The van der Waals surface area contributed by atoms with E-state index in [1.807, 2.05) is 0 Å². The highest BCUT2D eigenvalue weighted by molar-refractivity contribution is 6.21. The summed E-state index contributed by atoms with van der Waals surface area (Å²) < 4.78 is 0. The highest BCUT2D eigenvalue weighted by atomic mass is 35.5. The van der Waals surface area contributed by atoms with Crippen molar-refractivity contribution in [1.29, 1.82) is 0 Å². The molecule has 0 aromatic carbocycles. The van der Waals surface area contributed by atoms with Crippen LogP contribution in [0.25, 0.3) is 0 Å². The predicted molar refractivity (Wildman–Crippen MR) is 55.9 cm³/mol. The predicted octanol–water partition coefficient (Wildman–Crippen LogP) is 0.770. The van der Waals surface area contributed by atoms with E-state index < -0.39 is 5.50 Å². The molecule has 0 bridgehead atoms. The van der Waals surface area contributed by atoms with Crippen LogP contribution in [0.5, 0.6) is 0 Å². The van der Waals surface area contributed by atoms with Crippen LogP contribution in [0, 0.1) is 0 Å². The standard InChI is InChI=1S/C9H15ClN2O2/c1-6(2)9(14)11-5-4-8(10)12-7(3)13/h8H,1,4-5H2,2-3H3,(H,11,14)(H,12,13). The minimum absolute atomic E-state index is 0.184. The second-order valence-electron chi connectivity index (χ2n) is 2.99. The molecule has 0 heterocycles. The molecule has 0 rings (SSSR count). The Morgan fingerprint density at radius 3 is 2.43 bits per heavy atom. The Labute approximate surface area is 88.7 Å². The molecule has 0 aliphatic rings. The van der Waals surface area contributed by atoms with Gasteiger partial charge in [0.25, 0.3) is 0 Å². The smallest absolute Gasteiger partial charge is 0.246 e. The number of amides is 2. The van der Waals surface area contributed by atoms with Crippen molar-refractivity contribution in [2.24, 2.45) is 0 Å². The molecule has 0 fully saturated rings. The largest absolute Gasteiger partial charge is 0.352 e. The Balaban J connectivity index is 3.59. The van der Waals surface area contributed by atoms with Gasteiger partial charge in [-0.1, -0.05) is 18.2 Å². The zero-order chi connectivity index (χ0) is 11.1. The zero-order valence-electron chi connectivity index (χ0n) is 8.39. The van der Waals surface area contributed by atoms with Gasteiger partial charge in [-0.25, -0.2) is 0 Å².